The van der Waals surface area contributed by atoms with Gasteiger partial charge in [0.25, 0.3) is 0 Å². The van der Waals surface area contributed by atoms with Gasteiger partial charge in [-0.3, -0.25) is 4.99 Å². The first-order chi connectivity index (χ1) is 15.7. The lowest BCUT2D eigenvalue weighted by atomic mass is 10.2. The molecule has 0 saturated carbocycles. The van der Waals surface area contributed by atoms with Gasteiger partial charge in [0.15, 0.2) is 5.09 Å². The van der Waals surface area contributed by atoms with Crippen LogP contribution in [0.2, 0.25) is 0 Å². The molecule has 33 heavy (non-hydrogen) atoms. The van der Waals surface area contributed by atoms with Gasteiger partial charge in [-0.2, -0.15) is 0 Å². The maximum absolute atomic E-state index is 13.5. The summed E-state index contributed by atoms with van der Waals surface area (Å²) >= 11 is 11.6. The number of aliphatic imine (C=N–C) groups is 1. The first-order valence-electron chi connectivity index (χ1n) is 9.85. The number of allylic oxidation sites excluding steroid dienone is 6. The highest BCUT2D eigenvalue weighted by Gasteiger charge is 2.19. The van der Waals surface area contributed by atoms with Gasteiger partial charge in [-0.05, 0) is 68.1 Å². The first kappa shape index (κ1) is 26.5. The number of aromatic nitrogens is 1. The minimum Gasteiger partial charge on any atom is -0.429 e. The van der Waals surface area contributed by atoms with E-state index in [0.717, 1.165) is 16.7 Å². The van der Waals surface area contributed by atoms with E-state index in [9.17, 15) is 4.39 Å². The fourth-order valence-electron chi connectivity index (χ4n) is 2.36. The summed E-state index contributed by atoms with van der Waals surface area (Å²) in [7, 11) is 0. The second-order valence-electron chi connectivity index (χ2n) is 6.70. The number of oxazole rings is 1. The van der Waals surface area contributed by atoms with Crippen LogP contribution in [-0.2, 0) is 0 Å². The second-order valence-corrected chi connectivity index (χ2v) is 8.90. The van der Waals surface area contributed by atoms with E-state index in [0.29, 0.717) is 33.0 Å². The molecule has 1 unspecified atom stereocenters. The molecule has 2 aromatic rings. The molecule has 0 amide bonds. The molecule has 8 heteroatoms. The normalized spacial score (nSPS) is 13.8. The average molecular weight is 502 g/mol. The first-order valence-corrected chi connectivity index (χ1v) is 11.5. The van der Waals surface area contributed by atoms with E-state index in [2.05, 4.69) is 47.7 Å². The number of halogens is 2. The number of hydrogen-bond acceptors (Lipinski definition) is 6. The van der Waals surface area contributed by atoms with Gasteiger partial charge in [0.05, 0.1) is 5.70 Å². The number of thioether (sulfide) groups is 1. The van der Waals surface area contributed by atoms with Crippen molar-refractivity contribution in [2.75, 3.05) is 5.32 Å². The van der Waals surface area contributed by atoms with Crippen molar-refractivity contribution >= 4 is 58.0 Å². The van der Waals surface area contributed by atoms with Crippen LogP contribution < -0.4 is 5.32 Å². The van der Waals surface area contributed by atoms with Gasteiger partial charge in [-0.25, -0.2) is 9.37 Å². The fourth-order valence-corrected chi connectivity index (χ4v) is 3.43. The summed E-state index contributed by atoms with van der Waals surface area (Å²) in [6.45, 7) is 14.8. The van der Waals surface area contributed by atoms with Crippen LogP contribution in [0.4, 0.5) is 10.1 Å². The lowest BCUT2D eigenvalue weighted by Gasteiger charge is -2.08. The molecule has 0 aliphatic rings. The Balaban J connectivity index is 2.45. The number of alkyl halides is 1. The van der Waals surface area contributed by atoms with Gasteiger partial charge in [-0.15, -0.1) is 24.2 Å². The van der Waals surface area contributed by atoms with Gasteiger partial charge in [-0.1, -0.05) is 31.9 Å². The third kappa shape index (κ3) is 8.61. The molecule has 1 aromatic carbocycles. The van der Waals surface area contributed by atoms with Crippen LogP contribution in [0.25, 0.3) is 11.3 Å². The number of benzene rings is 1. The predicted molar refractivity (Wildman–Crippen MR) is 144 cm³/mol. The van der Waals surface area contributed by atoms with Crippen molar-refractivity contribution in [1.29, 1.82) is 0 Å². The van der Waals surface area contributed by atoms with Crippen LogP contribution >= 0.6 is 36.0 Å². The summed E-state index contributed by atoms with van der Waals surface area (Å²) in [5.41, 5.74) is 2.46. The molecule has 172 valence electrons. The standard InChI is InChI=1S/C25H25ClFN3OS2/c1-6-19(27)10-8-16(3)24-30-23(18(5)29-20-11-13-21(32)14-12-20)25(31-24)33-22(28-7-2)15-9-17(4)26/h6-15,17,29,32H,1-2,5H2,3-4H3/b15-9-,16-8+,19-10+,28-22+. The van der Waals surface area contributed by atoms with Gasteiger partial charge in [0.2, 0.25) is 5.89 Å². The number of rotatable bonds is 10. The smallest absolute Gasteiger partial charge is 0.223 e. The molecule has 1 atom stereocenters. The summed E-state index contributed by atoms with van der Waals surface area (Å²) in [4.78, 5) is 9.72. The predicted octanol–water partition coefficient (Wildman–Crippen LogP) is 8.31. The summed E-state index contributed by atoms with van der Waals surface area (Å²) in [5, 5.41) is 4.12. The monoisotopic (exact) mass is 501 g/mol. The molecular weight excluding hydrogens is 477 g/mol. The number of hydrogen-bond donors (Lipinski definition) is 2. The third-order valence-corrected chi connectivity index (χ3v) is 5.35. The number of nitrogens with zero attached hydrogens (tertiary/aromatic N) is 2. The molecule has 1 heterocycles. The van der Waals surface area contributed by atoms with E-state index in [4.69, 9.17) is 16.0 Å². The Morgan fingerprint density at radius 1 is 1.30 bits per heavy atom. The lowest BCUT2D eigenvalue weighted by molar-refractivity contribution is 0.457. The molecule has 2 rings (SSSR count). The Bertz CT molecular complexity index is 1130. The van der Waals surface area contributed by atoms with E-state index in [-0.39, 0.29) is 5.38 Å². The molecule has 1 aromatic heterocycles. The van der Waals surface area contributed by atoms with Crippen LogP contribution in [0.1, 0.15) is 25.4 Å². The number of thiol groups is 1. The lowest BCUT2D eigenvalue weighted by Crippen LogP contribution is -2.00. The van der Waals surface area contributed by atoms with E-state index in [1.807, 2.05) is 31.2 Å². The maximum Gasteiger partial charge on any atom is 0.223 e. The number of nitrogens with one attached hydrogen (secondary N) is 1. The van der Waals surface area contributed by atoms with Gasteiger partial charge < -0.3 is 9.73 Å². The summed E-state index contributed by atoms with van der Waals surface area (Å²) in [6, 6.07) is 7.49. The van der Waals surface area contributed by atoms with Crippen LogP contribution in [0.15, 0.2) is 106 Å². The molecular formula is C25H25ClFN3OS2. The zero-order valence-electron chi connectivity index (χ0n) is 18.4. The topological polar surface area (TPSA) is 50.4 Å². The molecule has 0 spiro atoms. The largest absolute Gasteiger partial charge is 0.429 e. The average Bonchev–Trinajstić information content (AvgIpc) is 3.21. The Labute approximate surface area is 208 Å². The Hall–Kier alpha value is -2.74. The van der Waals surface area contributed by atoms with Crippen molar-refractivity contribution < 1.29 is 8.81 Å². The minimum atomic E-state index is -0.463. The maximum atomic E-state index is 13.5. The van der Waals surface area contributed by atoms with Crippen molar-refractivity contribution in [3.63, 3.8) is 0 Å². The highest BCUT2D eigenvalue weighted by atomic mass is 35.5. The Morgan fingerprint density at radius 3 is 2.61 bits per heavy atom. The van der Waals surface area contributed by atoms with E-state index in [1.165, 1.54) is 24.0 Å². The molecule has 0 saturated heterocycles. The van der Waals surface area contributed by atoms with Crippen molar-refractivity contribution in [3.8, 4) is 0 Å². The fraction of sp³-hybridized carbons (Fsp3) is 0.120. The molecule has 0 bridgehead atoms. The quantitative estimate of drug-likeness (QED) is 0.0858. The van der Waals surface area contributed by atoms with Gasteiger partial charge in [0, 0.05) is 27.7 Å². The molecule has 0 aliphatic heterocycles. The Kier molecular flexibility index (Phi) is 10.5. The summed E-state index contributed by atoms with van der Waals surface area (Å²) < 4.78 is 19.5. The van der Waals surface area contributed by atoms with Crippen LogP contribution in [0, 0.1) is 0 Å². The van der Waals surface area contributed by atoms with Crippen molar-refractivity contribution in [1.82, 2.24) is 4.98 Å². The SMILES string of the molecule is C=C/N=C(\C=C/C(C)Cl)Sc1oc(/C(C)=C/C=C(/F)C=C)nc1C(=C)Nc1ccc(S)cc1. The minimum absolute atomic E-state index is 0.173. The summed E-state index contributed by atoms with van der Waals surface area (Å²) in [5.74, 6) is -0.142. The Morgan fingerprint density at radius 2 is 2.00 bits per heavy atom. The van der Waals surface area contributed by atoms with Crippen molar-refractivity contribution in [3.05, 3.63) is 98.0 Å². The highest BCUT2D eigenvalue weighted by molar-refractivity contribution is 8.14. The van der Waals surface area contributed by atoms with Crippen LogP contribution in [0.5, 0.6) is 0 Å². The second kappa shape index (κ2) is 13.1. The number of anilines is 1. The molecule has 0 radical (unpaired) electrons. The third-order valence-electron chi connectivity index (χ3n) is 3.99. The molecule has 4 nitrogen and oxygen atoms in total. The van der Waals surface area contributed by atoms with Crippen LogP contribution in [0.3, 0.4) is 0 Å². The molecule has 1 N–H and O–H groups in total. The van der Waals surface area contributed by atoms with Crippen molar-refractivity contribution in [2.45, 2.75) is 29.2 Å². The van der Waals surface area contributed by atoms with Crippen LogP contribution in [-0.4, -0.2) is 15.4 Å². The molecule has 0 aliphatic carbocycles. The molecule has 0 fully saturated rings. The highest BCUT2D eigenvalue weighted by Crippen LogP contribution is 2.33. The summed E-state index contributed by atoms with van der Waals surface area (Å²) in [6.07, 6.45) is 8.99. The van der Waals surface area contributed by atoms with Crippen molar-refractivity contribution in [2.24, 2.45) is 4.99 Å². The van der Waals surface area contributed by atoms with E-state index >= 15 is 0 Å². The van der Waals surface area contributed by atoms with Gasteiger partial charge >= 0.3 is 0 Å². The van der Waals surface area contributed by atoms with Gasteiger partial charge in [0.1, 0.15) is 16.6 Å². The van der Waals surface area contributed by atoms with E-state index in [1.54, 1.807) is 25.2 Å². The van der Waals surface area contributed by atoms with E-state index < -0.39 is 5.83 Å². The zero-order valence-corrected chi connectivity index (χ0v) is 20.9. The zero-order chi connectivity index (χ0) is 24.4.